The van der Waals surface area contributed by atoms with E-state index in [0.29, 0.717) is 12.2 Å². The number of carbonyl (C=O) groups excluding carboxylic acids is 1. The van der Waals surface area contributed by atoms with Gasteiger partial charge < -0.3 is 52.6 Å². The molecular weight excluding hydrogens is 979 g/mol. The zero-order valence-electron chi connectivity index (χ0n) is 41.7. The van der Waals surface area contributed by atoms with E-state index in [1.165, 1.54) is 14.3 Å². The van der Waals surface area contributed by atoms with Crippen molar-refractivity contribution < 1.29 is 69.9 Å². The molecule has 2 aromatic carbocycles. The summed E-state index contributed by atoms with van der Waals surface area (Å²) in [6, 6.07) is 16.6. The summed E-state index contributed by atoms with van der Waals surface area (Å²) in [5, 5.41) is 3.99. The van der Waals surface area contributed by atoms with Gasteiger partial charge >= 0.3 is 15.4 Å². The fourth-order valence-electron chi connectivity index (χ4n) is 8.88. The van der Waals surface area contributed by atoms with Gasteiger partial charge in [0.1, 0.15) is 32.7 Å². The number of nitrogens with one attached hydrogen (secondary N) is 1. The molecule has 1 aromatic heterocycles. The topological polar surface area (TPSA) is 183 Å². The van der Waals surface area contributed by atoms with Crippen molar-refractivity contribution in [2.45, 2.75) is 133 Å². The molecule has 3 saturated heterocycles. The molecule has 3 fully saturated rings. The lowest BCUT2D eigenvalue weighted by molar-refractivity contribution is -0.671. The van der Waals surface area contributed by atoms with Crippen molar-refractivity contribution in [2.75, 3.05) is 56.0 Å². The van der Waals surface area contributed by atoms with Crippen LogP contribution in [0.25, 0.3) is 17.0 Å². The third-order valence-electron chi connectivity index (χ3n) is 12.4. The summed E-state index contributed by atoms with van der Waals surface area (Å²) in [6.45, 7) is 7.71. The van der Waals surface area contributed by atoms with Crippen LogP contribution in [0.4, 0.5) is 5.69 Å². The fourth-order valence-corrected chi connectivity index (χ4v) is 12.4. The van der Waals surface area contributed by atoms with Gasteiger partial charge in [0.05, 0.1) is 81.9 Å². The van der Waals surface area contributed by atoms with Crippen LogP contribution in [0, 0.1) is 0 Å². The summed E-state index contributed by atoms with van der Waals surface area (Å²) in [5.74, 6) is 2.80. The zero-order chi connectivity index (χ0) is 51.4. The van der Waals surface area contributed by atoms with Gasteiger partial charge in [-0.2, -0.15) is 16.3 Å². The van der Waals surface area contributed by atoms with Crippen LogP contribution in [-0.4, -0.2) is 166 Å². The maximum absolute atomic E-state index is 14.8. The highest BCUT2D eigenvalue weighted by Gasteiger charge is 2.45. The number of ether oxygens (including phenoxy) is 6. The van der Waals surface area contributed by atoms with E-state index >= 15 is 0 Å². The molecule has 4 aliphatic rings. The number of carbonyl (C=O) groups is 1. The molecule has 382 valence electrons. The zero-order valence-corrected chi connectivity index (χ0v) is 44.3. The lowest BCUT2D eigenvalue weighted by Gasteiger charge is -2.28. The molecule has 4 aliphatic heterocycles. The SMILES string of the molecule is [B][B]C1CC(OC(C)C)C(COP(=O)(CCNC(=O)CCSCCC[n+]2ccc(C=C3Oc4ccccc4N3C)c3ccccc32)OC2CC([B][B])OC2COP(=O)(O)OC2CC([B])OC2COC(C)C)O1. The van der Waals surface area contributed by atoms with Crippen LogP contribution in [0.3, 0.4) is 0 Å². The Morgan fingerprint density at radius 2 is 1.57 bits per heavy atom. The average molecular weight is 1040 g/mol. The Kier molecular flexibility index (Phi) is 21.4. The number of amides is 1. The Morgan fingerprint density at radius 3 is 2.31 bits per heavy atom. The minimum absolute atomic E-state index is 0.0304. The first-order chi connectivity index (χ1) is 34.5. The van der Waals surface area contributed by atoms with Crippen molar-refractivity contribution in [3.63, 3.8) is 0 Å². The van der Waals surface area contributed by atoms with E-state index in [2.05, 4.69) is 40.4 Å². The van der Waals surface area contributed by atoms with E-state index in [0.717, 1.165) is 52.5 Å². The molecule has 2 N–H and O–H groups in total. The average Bonchev–Trinajstić information content (AvgIpc) is 4.11. The van der Waals surface area contributed by atoms with Crippen molar-refractivity contribution in [1.29, 1.82) is 0 Å². The molecule has 1 amide bonds. The highest BCUT2D eigenvalue weighted by atomic mass is 32.2. The quantitative estimate of drug-likeness (QED) is 0.0429. The maximum atomic E-state index is 14.8. The Bertz CT molecular complexity index is 2380. The molecule has 11 atom stereocenters. The van der Waals surface area contributed by atoms with Crippen LogP contribution in [0.1, 0.15) is 65.4 Å². The molecule has 5 heterocycles. The maximum Gasteiger partial charge on any atom is 0.472 e. The summed E-state index contributed by atoms with van der Waals surface area (Å²) in [5.41, 5.74) is 3.20. The van der Waals surface area contributed by atoms with E-state index in [-0.39, 0.29) is 63.3 Å². The van der Waals surface area contributed by atoms with Gasteiger partial charge in [0.15, 0.2) is 11.9 Å². The van der Waals surface area contributed by atoms with Gasteiger partial charge in [-0.05, 0) is 76.5 Å². The van der Waals surface area contributed by atoms with E-state index in [9.17, 15) is 18.8 Å². The van der Waals surface area contributed by atoms with Crippen LogP contribution in [0.2, 0.25) is 0 Å². The first-order valence-corrected chi connectivity index (χ1v) is 29.0. The number of pyridine rings is 1. The number of hydrogen-bond acceptors (Lipinski definition) is 15. The summed E-state index contributed by atoms with van der Waals surface area (Å²) in [6.07, 6.45) is 1.01. The molecule has 0 saturated carbocycles. The number of nitrogens with zero attached hydrogens (tertiary/aromatic N) is 2. The van der Waals surface area contributed by atoms with Crippen molar-refractivity contribution in [1.82, 2.24) is 5.32 Å². The second kappa shape index (κ2) is 26.9. The Balaban J connectivity index is 0.909. The van der Waals surface area contributed by atoms with Gasteiger partial charge in [0, 0.05) is 83.9 Å². The standard InChI is InChI=1S/C47H64B5N3O14P2S/c1-30(2)60-27-40-38(24-43(48)64-40)69-71(58,59)62-29-42-39(26-45(52-50)66-42)68-70(57,61-28-41-37(63-31(3)4)25-44(51-49)65-41)20-17-53-46(56)16-22-72-21-10-18-55-19-15-32(33-11-6-7-12-34(33)55)23-47-54(5)35-13-8-9-14-36(35)67-47/h6-9,11-15,19,23,30-31,37-45H,10,16-18,20-22,24-29H2,1-5H3,(H-,53,56,58,59)/p+1. The Hall–Kier alpha value is -2.61. The highest BCUT2D eigenvalue weighted by molar-refractivity contribution is 7.99. The van der Waals surface area contributed by atoms with Gasteiger partial charge in [0.2, 0.25) is 17.3 Å². The van der Waals surface area contributed by atoms with Crippen LogP contribution in [0.15, 0.2) is 66.7 Å². The number of anilines is 1. The fraction of sp³-hybridized carbons (Fsp3) is 0.617. The van der Waals surface area contributed by atoms with Crippen molar-refractivity contribution >= 4 is 93.4 Å². The van der Waals surface area contributed by atoms with E-state index in [1.54, 1.807) is 11.8 Å². The first kappa shape index (κ1) is 57.1. The predicted octanol–water partition coefficient (Wildman–Crippen LogP) is 4.99. The van der Waals surface area contributed by atoms with Crippen LogP contribution >= 0.6 is 27.2 Å². The number of aromatic nitrogens is 1. The molecule has 8 radical (unpaired) electrons. The molecule has 7 rings (SSSR count). The molecule has 17 nitrogen and oxygen atoms in total. The summed E-state index contributed by atoms with van der Waals surface area (Å²) < 4.78 is 89.2. The molecule has 11 unspecified atom stereocenters. The second-order valence-corrected chi connectivity index (χ2v) is 23.4. The normalized spacial score (nSPS) is 27.3. The molecule has 0 aliphatic carbocycles. The third-order valence-corrected chi connectivity index (χ3v) is 16.4. The van der Waals surface area contributed by atoms with Crippen molar-refractivity contribution in [3.05, 3.63) is 72.2 Å². The van der Waals surface area contributed by atoms with Crippen LogP contribution in [-0.2, 0) is 62.2 Å². The largest absolute Gasteiger partial charge is 0.472 e. The number of para-hydroxylation sites is 3. The van der Waals surface area contributed by atoms with Gasteiger partial charge in [0.25, 0.3) is 0 Å². The molecule has 0 bridgehead atoms. The van der Waals surface area contributed by atoms with Gasteiger partial charge in [-0.3, -0.25) is 18.4 Å². The number of phosphoric acid groups is 1. The van der Waals surface area contributed by atoms with E-state index < -0.39 is 76.7 Å². The Labute approximate surface area is 433 Å². The van der Waals surface area contributed by atoms with Crippen LogP contribution < -0.4 is 19.5 Å². The predicted molar refractivity (Wildman–Crippen MR) is 281 cm³/mol. The number of aryl methyl sites for hydroxylation is 1. The first-order valence-electron chi connectivity index (χ1n) is 24.7. The Morgan fingerprint density at radius 1 is 0.889 bits per heavy atom. The highest BCUT2D eigenvalue weighted by Crippen LogP contribution is 2.53. The smallest absolute Gasteiger partial charge is 0.439 e. The lowest BCUT2D eigenvalue weighted by atomic mass is 9.51. The van der Waals surface area contributed by atoms with Crippen molar-refractivity contribution in [2.24, 2.45) is 0 Å². The third kappa shape index (κ3) is 16.2. The monoisotopic (exact) mass is 1040 g/mol. The molecular formula is C47H65B5N3O14P2S+. The second-order valence-electron chi connectivity index (χ2n) is 18.7. The number of phosphoric ester groups is 1. The number of benzene rings is 2. The lowest BCUT2D eigenvalue weighted by Crippen LogP contribution is -2.34. The minimum atomic E-state index is -4.72. The summed E-state index contributed by atoms with van der Waals surface area (Å²) >= 11 is 1.68. The summed E-state index contributed by atoms with van der Waals surface area (Å²) in [4.78, 5) is 26.0. The number of fused-ring (bicyclic) bond motifs is 2. The van der Waals surface area contributed by atoms with Crippen molar-refractivity contribution in [3.8, 4) is 5.75 Å². The van der Waals surface area contributed by atoms with Crippen LogP contribution in [0.5, 0.6) is 5.75 Å². The van der Waals surface area contributed by atoms with Gasteiger partial charge in [-0.25, -0.2) is 4.57 Å². The number of hydrogen-bond donors (Lipinski definition) is 2. The molecule has 3 aromatic rings. The van der Waals surface area contributed by atoms with E-state index in [1.807, 2.05) is 76.0 Å². The number of thioether (sulfide) groups is 1. The molecule has 25 heteroatoms. The van der Waals surface area contributed by atoms with Gasteiger partial charge in [-0.15, -0.1) is 0 Å². The summed E-state index contributed by atoms with van der Waals surface area (Å²) in [7, 11) is 13.6. The van der Waals surface area contributed by atoms with Gasteiger partial charge in [-0.1, -0.05) is 24.3 Å². The van der Waals surface area contributed by atoms with E-state index in [4.69, 9.17) is 69.8 Å². The molecule has 72 heavy (non-hydrogen) atoms. The number of rotatable bonds is 28. The minimum Gasteiger partial charge on any atom is -0.439 e. The molecule has 0 spiro atoms.